The molecule has 1 aliphatic heterocycles. The number of fused-ring (bicyclic) bond motifs is 1. The smallest absolute Gasteiger partial charge is 0.274 e. The lowest BCUT2D eigenvalue weighted by Gasteiger charge is -2.46. The minimum Gasteiger partial charge on any atom is -0.381 e. The van der Waals surface area contributed by atoms with Gasteiger partial charge in [0.2, 0.25) is 0 Å². The summed E-state index contributed by atoms with van der Waals surface area (Å²) in [7, 11) is 1.69. The van der Waals surface area contributed by atoms with Crippen molar-refractivity contribution in [3.05, 3.63) is 59.2 Å². The van der Waals surface area contributed by atoms with Gasteiger partial charge in [0.05, 0.1) is 17.2 Å². The van der Waals surface area contributed by atoms with E-state index in [1.165, 1.54) is 42.2 Å². The van der Waals surface area contributed by atoms with Crippen LogP contribution in [0.3, 0.4) is 0 Å². The number of ether oxygens (including phenoxy) is 1. The number of amidine groups is 1. The molecule has 1 saturated carbocycles. The third-order valence-corrected chi connectivity index (χ3v) is 6.92. The largest absolute Gasteiger partial charge is 0.381 e. The number of halogens is 1. The summed E-state index contributed by atoms with van der Waals surface area (Å²) in [5, 5.41) is 12.1. The third-order valence-electron chi connectivity index (χ3n) is 5.96. The van der Waals surface area contributed by atoms with E-state index in [1.807, 2.05) is 6.07 Å². The lowest BCUT2D eigenvalue weighted by molar-refractivity contribution is 0.0229. The number of benzene rings is 1. The van der Waals surface area contributed by atoms with E-state index in [1.54, 1.807) is 13.2 Å². The first-order chi connectivity index (χ1) is 14.9. The van der Waals surface area contributed by atoms with Crippen LogP contribution in [0.25, 0.3) is 0 Å². The molecule has 3 unspecified atom stereocenters. The van der Waals surface area contributed by atoms with Crippen LogP contribution in [0, 0.1) is 23.1 Å². The highest BCUT2D eigenvalue weighted by molar-refractivity contribution is 8.13. The molecular weight excluding hydrogens is 417 g/mol. The Hall–Kier alpha value is -2.96. The van der Waals surface area contributed by atoms with Gasteiger partial charge in [-0.1, -0.05) is 11.8 Å². The first-order valence-corrected chi connectivity index (χ1v) is 10.9. The molecule has 0 saturated heterocycles. The molecule has 0 radical (unpaired) electrons. The lowest BCUT2D eigenvalue weighted by atomic mass is 9.68. The van der Waals surface area contributed by atoms with Gasteiger partial charge in [0.1, 0.15) is 17.6 Å². The van der Waals surface area contributed by atoms with Gasteiger partial charge in [-0.3, -0.25) is 9.79 Å². The maximum absolute atomic E-state index is 15.1. The van der Waals surface area contributed by atoms with Crippen molar-refractivity contribution in [3.8, 4) is 6.07 Å². The maximum Gasteiger partial charge on any atom is 0.274 e. The molecule has 4 rings (SSSR count). The zero-order chi connectivity index (χ0) is 22.0. The summed E-state index contributed by atoms with van der Waals surface area (Å²) in [5.74, 6) is -0.00947. The highest BCUT2D eigenvalue weighted by Crippen LogP contribution is 2.50. The molecule has 1 aliphatic carbocycles. The summed E-state index contributed by atoms with van der Waals surface area (Å²) >= 11 is 1.48. The normalized spacial score (nSPS) is 25.1. The van der Waals surface area contributed by atoms with Gasteiger partial charge in [-0.2, -0.15) is 5.26 Å². The number of nitrogens with zero attached hydrogens (tertiary/aromatic N) is 3. The Morgan fingerprint density at radius 3 is 2.97 bits per heavy atom. The summed E-state index contributed by atoms with van der Waals surface area (Å²) in [6, 6.07) is 9.46. The van der Waals surface area contributed by atoms with Crippen molar-refractivity contribution in [1.82, 2.24) is 4.98 Å². The Labute approximate surface area is 183 Å². The molecule has 2 heterocycles. The van der Waals surface area contributed by atoms with Gasteiger partial charge in [0, 0.05) is 36.2 Å². The maximum atomic E-state index is 15.1. The van der Waals surface area contributed by atoms with Gasteiger partial charge in [-0.25, -0.2) is 9.37 Å². The number of carbonyl (C=O) groups excluding carboxylic acids is 1. The number of carbonyl (C=O) groups is 1. The number of aliphatic imine (C=N–C) groups is 1. The van der Waals surface area contributed by atoms with Crippen molar-refractivity contribution in [2.75, 3.05) is 18.2 Å². The summed E-state index contributed by atoms with van der Waals surface area (Å²) in [6.07, 6.45) is 3.58. The first-order valence-electron chi connectivity index (χ1n) is 9.93. The fraction of sp³-hybridized carbons (Fsp3) is 0.364. The molecule has 0 spiro atoms. The van der Waals surface area contributed by atoms with E-state index in [-0.39, 0.29) is 23.5 Å². The van der Waals surface area contributed by atoms with Crippen LogP contribution >= 0.6 is 11.8 Å². The average Bonchev–Trinajstić information content (AvgIpc) is 2.79. The quantitative estimate of drug-likeness (QED) is 0.755. The topological polar surface area (TPSA) is 113 Å². The van der Waals surface area contributed by atoms with Crippen molar-refractivity contribution < 1.29 is 13.9 Å². The number of pyridine rings is 1. The number of aromatic nitrogens is 1. The van der Waals surface area contributed by atoms with Crippen LogP contribution in [0.1, 0.15) is 40.9 Å². The molecule has 2 aliphatic rings. The zero-order valence-electron chi connectivity index (χ0n) is 17.0. The number of hydrogen-bond donors (Lipinski definition) is 2. The lowest BCUT2D eigenvalue weighted by Crippen LogP contribution is -2.46. The summed E-state index contributed by atoms with van der Waals surface area (Å²) in [6.45, 7) is 0. The Kier molecular flexibility index (Phi) is 5.94. The van der Waals surface area contributed by atoms with Crippen molar-refractivity contribution >= 4 is 28.5 Å². The fourth-order valence-corrected chi connectivity index (χ4v) is 5.35. The fourth-order valence-electron chi connectivity index (χ4n) is 4.34. The average molecular weight is 440 g/mol. The van der Waals surface area contributed by atoms with Gasteiger partial charge in [-0.15, -0.1) is 0 Å². The third kappa shape index (κ3) is 4.13. The number of anilines is 1. The number of hydrogen-bond acceptors (Lipinski definition) is 7. The number of rotatable bonds is 4. The highest BCUT2D eigenvalue weighted by Gasteiger charge is 2.48. The predicted octanol–water partition coefficient (Wildman–Crippen LogP) is 3.42. The summed E-state index contributed by atoms with van der Waals surface area (Å²) in [5.41, 5.74) is 6.69. The predicted molar refractivity (Wildman–Crippen MR) is 117 cm³/mol. The number of thioether (sulfide) groups is 1. The molecule has 3 N–H and O–H groups in total. The van der Waals surface area contributed by atoms with Gasteiger partial charge in [0.15, 0.2) is 5.17 Å². The van der Waals surface area contributed by atoms with E-state index in [9.17, 15) is 4.79 Å². The summed E-state index contributed by atoms with van der Waals surface area (Å²) in [4.78, 5) is 21.3. The second-order valence-corrected chi connectivity index (χ2v) is 8.75. The van der Waals surface area contributed by atoms with Crippen LogP contribution in [0.4, 0.5) is 10.1 Å². The Morgan fingerprint density at radius 1 is 1.42 bits per heavy atom. The molecule has 2 aromatic rings. The minimum absolute atomic E-state index is 0.0733. The second-order valence-electron chi connectivity index (χ2n) is 7.71. The zero-order valence-corrected chi connectivity index (χ0v) is 17.8. The van der Waals surface area contributed by atoms with Crippen molar-refractivity contribution in [3.63, 3.8) is 0 Å². The van der Waals surface area contributed by atoms with E-state index in [0.717, 1.165) is 18.6 Å². The van der Waals surface area contributed by atoms with E-state index in [2.05, 4.69) is 10.3 Å². The molecule has 9 heteroatoms. The van der Waals surface area contributed by atoms with E-state index >= 15 is 4.39 Å². The molecule has 1 aromatic heterocycles. The standard InChI is InChI=1S/C22H22FN5O2S/c1-30-16-6-7-22(14(8-16)12-31-21(25)28-22)17-9-15(3-4-18(17)23)27-20(29)19-5-2-13(10-24)11-26-19/h2-5,9,11,14,16H,6-8,12H2,1H3,(H2,25,28)(H,27,29). The van der Waals surface area contributed by atoms with E-state index in [0.29, 0.717) is 28.4 Å². The second kappa shape index (κ2) is 8.65. The molecule has 3 atom stereocenters. The molecule has 1 fully saturated rings. The van der Waals surface area contributed by atoms with Crippen molar-refractivity contribution in [2.45, 2.75) is 30.9 Å². The van der Waals surface area contributed by atoms with Gasteiger partial charge >= 0.3 is 0 Å². The highest BCUT2D eigenvalue weighted by atomic mass is 32.2. The first kappa shape index (κ1) is 21.3. The molecular formula is C22H22FN5O2S. The Morgan fingerprint density at radius 2 is 2.26 bits per heavy atom. The molecule has 160 valence electrons. The van der Waals surface area contributed by atoms with Crippen LogP contribution in [0.15, 0.2) is 41.5 Å². The minimum atomic E-state index is -0.776. The van der Waals surface area contributed by atoms with Crippen LogP contribution in [0.5, 0.6) is 0 Å². The number of nitrogens with two attached hydrogens (primary N) is 1. The number of methoxy groups -OCH3 is 1. The molecule has 1 amide bonds. The van der Waals surface area contributed by atoms with Crippen LogP contribution in [0.2, 0.25) is 0 Å². The molecule has 7 nitrogen and oxygen atoms in total. The summed E-state index contributed by atoms with van der Waals surface area (Å²) < 4.78 is 20.6. The number of nitriles is 1. The van der Waals surface area contributed by atoms with Crippen LogP contribution in [-0.2, 0) is 10.3 Å². The van der Waals surface area contributed by atoms with Crippen LogP contribution in [-0.4, -0.2) is 35.0 Å². The molecule has 0 bridgehead atoms. The number of amides is 1. The Balaban J connectivity index is 1.66. The van der Waals surface area contributed by atoms with E-state index < -0.39 is 11.4 Å². The Bertz CT molecular complexity index is 1070. The van der Waals surface area contributed by atoms with Gasteiger partial charge in [0.25, 0.3) is 5.91 Å². The monoisotopic (exact) mass is 439 g/mol. The van der Waals surface area contributed by atoms with Gasteiger partial charge in [-0.05, 0) is 49.6 Å². The SMILES string of the molecule is COC1CCC2(c3cc(NC(=O)c4ccc(C#N)cn4)ccc3F)N=C(N)SCC2C1. The molecule has 1 aromatic carbocycles. The van der Waals surface area contributed by atoms with E-state index in [4.69, 9.17) is 20.7 Å². The van der Waals surface area contributed by atoms with Gasteiger partial charge < -0.3 is 15.8 Å². The number of nitrogens with one attached hydrogen (secondary N) is 1. The molecule has 31 heavy (non-hydrogen) atoms. The van der Waals surface area contributed by atoms with Crippen LogP contribution < -0.4 is 11.1 Å². The van der Waals surface area contributed by atoms with Crippen molar-refractivity contribution in [1.29, 1.82) is 5.26 Å². The van der Waals surface area contributed by atoms with Crippen molar-refractivity contribution in [2.24, 2.45) is 16.6 Å².